The lowest BCUT2D eigenvalue weighted by atomic mass is 9.88. The Morgan fingerprint density at radius 2 is 1.95 bits per heavy atom. The van der Waals surface area contributed by atoms with Gasteiger partial charge in [-0.1, -0.05) is 41.9 Å². The van der Waals surface area contributed by atoms with Gasteiger partial charge >= 0.3 is 5.97 Å². The van der Waals surface area contributed by atoms with E-state index in [2.05, 4.69) is 68.9 Å². The number of nitrogens with one attached hydrogen (secondary N) is 2. The summed E-state index contributed by atoms with van der Waals surface area (Å²) in [6.45, 7) is 1.45. The van der Waals surface area contributed by atoms with Crippen LogP contribution in [0.2, 0.25) is 5.02 Å². The van der Waals surface area contributed by atoms with E-state index in [9.17, 15) is 4.79 Å². The van der Waals surface area contributed by atoms with Crippen LogP contribution in [-0.2, 0) is 16.0 Å². The van der Waals surface area contributed by atoms with E-state index in [1.807, 2.05) is 30.3 Å². The third-order valence-corrected chi connectivity index (χ3v) is 8.75. The van der Waals surface area contributed by atoms with Gasteiger partial charge in [-0.3, -0.25) is 14.7 Å². The molecule has 6 nitrogen and oxygen atoms in total. The van der Waals surface area contributed by atoms with Crippen molar-refractivity contribution < 1.29 is 9.53 Å². The molecule has 0 saturated carbocycles. The number of carbonyl (C=O) groups excluding carboxylic acids is 1. The first-order valence-electron chi connectivity index (χ1n) is 13.4. The maximum absolute atomic E-state index is 13.2. The zero-order valence-electron chi connectivity index (χ0n) is 22.5. The lowest BCUT2D eigenvalue weighted by Crippen LogP contribution is -2.49. The van der Waals surface area contributed by atoms with Gasteiger partial charge in [-0.25, -0.2) is 0 Å². The number of rotatable bonds is 8. The Balaban J connectivity index is 1.32. The highest BCUT2D eigenvalue weighted by molar-refractivity contribution is 7.98. The van der Waals surface area contributed by atoms with E-state index in [1.165, 1.54) is 23.0 Å². The molecule has 3 aromatic carbocycles. The van der Waals surface area contributed by atoms with Crippen molar-refractivity contribution in [2.24, 2.45) is 0 Å². The van der Waals surface area contributed by atoms with E-state index in [0.717, 1.165) is 46.3 Å². The summed E-state index contributed by atoms with van der Waals surface area (Å²) >= 11 is 7.89. The molecule has 0 fully saturated rings. The molecule has 2 atom stereocenters. The number of ether oxygens (including phenoxy) is 1. The summed E-state index contributed by atoms with van der Waals surface area (Å²) in [7, 11) is 1.48. The minimum Gasteiger partial charge on any atom is -0.468 e. The SMILES string of the molecule is COC(=O)[C@@H]1Cc2c([nH]c3ccccc23)[C@H](c2ccc(SC)cc2)N1CCCNc1ccnc2cc(Cl)ccc12. The lowest BCUT2D eigenvalue weighted by molar-refractivity contribution is -0.148. The minimum absolute atomic E-state index is 0.0972. The third kappa shape index (κ3) is 5.05. The Morgan fingerprint density at radius 3 is 2.75 bits per heavy atom. The molecule has 40 heavy (non-hydrogen) atoms. The van der Waals surface area contributed by atoms with Crippen LogP contribution in [0, 0.1) is 0 Å². The van der Waals surface area contributed by atoms with Crippen molar-refractivity contribution in [2.45, 2.75) is 29.8 Å². The van der Waals surface area contributed by atoms with E-state index in [0.29, 0.717) is 18.0 Å². The lowest BCUT2D eigenvalue weighted by Gasteiger charge is -2.41. The van der Waals surface area contributed by atoms with Crippen molar-refractivity contribution in [3.63, 3.8) is 0 Å². The molecular weight excluding hydrogens is 540 g/mol. The molecule has 3 heterocycles. The number of thioether (sulfide) groups is 1. The van der Waals surface area contributed by atoms with Crippen molar-refractivity contribution >= 4 is 56.8 Å². The van der Waals surface area contributed by atoms with Crippen LogP contribution in [-0.4, -0.2) is 53.3 Å². The van der Waals surface area contributed by atoms with Crippen LogP contribution in [0.1, 0.15) is 29.3 Å². The second kappa shape index (κ2) is 11.5. The molecule has 0 unspecified atom stereocenters. The van der Waals surface area contributed by atoms with Gasteiger partial charge in [-0.05, 0) is 66.3 Å². The average molecular weight is 571 g/mol. The summed E-state index contributed by atoms with van der Waals surface area (Å²) < 4.78 is 5.35. The van der Waals surface area contributed by atoms with E-state index < -0.39 is 0 Å². The number of H-pyrrole nitrogens is 1. The molecule has 2 N–H and O–H groups in total. The van der Waals surface area contributed by atoms with Crippen LogP contribution in [0.15, 0.2) is 83.9 Å². The van der Waals surface area contributed by atoms with Crippen LogP contribution < -0.4 is 5.32 Å². The standard InChI is InChI=1S/C32H31ClN4O2S/c1-39-32(38)29-19-25-23-6-3-4-7-27(23)36-30(25)31(20-8-11-22(40-2)12-9-20)37(29)17-5-15-34-26-14-16-35-28-18-21(33)10-13-24(26)28/h3-4,6-14,16,18,29,31,36H,5,15,17,19H2,1-2H3,(H,34,35)/t29-,31-/m0/s1. The quantitative estimate of drug-likeness (QED) is 0.118. The second-order valence-electron chi connectivity index (χ2n) is 10.0. The highest BCUT2D eigenvalue weighted by atomic mass is 35.5. The third-order valence-electron chi connectivity index (χ3n) is 7.77. The maximum Gasteiger partial charge on any atom is 0.323 e. The molecule has 0 aliphatic carbocycles. The molecule has 0 saturated heterocycles. The summed E-state index contributed by atoms with van der Waals surface area (Å²) in [6.07, 6.45) is 5.32. The van der Waals surface area contributed by atoms with Gasteiger partial charge in [0.1, 0.15) is 6.04 Å². The molecule has 0 amide bonds. The molecule has 0 radical (unpaired) electrons. The number of para-hydroxylation sites is 1. The predicted molar refractivity (Wildman–Crippen MR) is 164 cm³/mol. The van der Waals surface area contributed by atoms with Gasteiger partial charge in [0, 0.05) is 63.3 Å². The van der Waals surface area contributed by atoms with E-state index in [-0.39, 0.29) is 18.1 Å². The largest absolute Gasteiger partial charge is 0.468 e. The second-order valence-corrected chi connectivity index (χ2v) is 11.3. The van der Waals surface area contributed by atoms with Crippen molar-refractivity contribution in [3.05, 3.63) is 101 Å². The predicted octanol–water partition coefficient (Wildman–Crippen LogP) is 7.08. The van der Waals surface area contributed by atoms with Gasteiger partial charge in [0.15, 0.2) is 0 Å². The molecule has 1 aliphatic rings. The molecular formula is C32H31ClN4O2S. The van der Waals surface area contributed by atoms with Crippen LogP contribution in [0.4, 0.5) is 5.69 Å². The fourth-order valence-electron chi connectivity index (χ4n) is 5.87. The fourth-order valence-corrected chi connectivity index (χ4v) is 6.45. The van der Waals surface area contributed by atoms with Gasteiger partial charge in [0.25, 0.3) is 0 Å². The molecule has 1 aliphatic heterocycles. The number of fused-ring (bicyclic) bond motifs is 4. The van der Waals surface area contributed by atoms with Gasteiger partial charge < -0.3 is 15.0 Å². The van der Waals surface area contributed by atoms with Crippen LogP contribution in [0.3, 0.4) is 0 Å². The normalized spacial score (nSPS) is 17.2. The van der Waals surface area contributed by atoms with Gasteiger partial charge in [0.05, 0.1) is 18.7 Å². The summed E-state index contributed by atoms with van der Waals surface area (Å²) in [5.74, 6) is -0.202. The Bertz CT molecular complexity index is 1670. The minimum atomic E-state index is -0.383. The number of hydrogen-bond donors (Lipinski definition) is 2. The van der Waals surface area contributed by atoms with E-state index >= 15 is 0 Å². The van der Waals surface area contributed by atoms with Gasteiger partial charge in [-0.15, -0.1) is 11.8 Å². The first-order chi connectivity index (χ1) is 19.6. The monoisotopic (exact) mass is 570 g/mol. The fraction of sp³-hybridized carbons (Fsp3) is 0.250. The zero-order chi connectivity index (χ0) is 27.6. The Kier molecular flexibility index (Phi) is 7.69. The first-order valence-corrected chi connectivity index (χ1v) is 15.0. The number of benzene rings is 3. The number of esters is 1. The number of aromatic nitrogens is 2. The van der Waals surface area contributed by atoms with Crippen LogP contribution >= 0.6 is 23.4 Å². The summed E-state index contributed by atoms with van der Waals surface area (Å²) in [5, 5.41) is 6.45. The topological polar surface area (TPSA) is 70.2 Å². The van der Waals surface area contributed by atoms with Gasteiger partial charge in [0.2, 0.25) is 0 Å². The molecule has 0 bridgehead atoms. The number of nitrogens with zero attached hydrogens (tertiary/aromatic N) is 2. The number of pyridine rings is 1. The number of hydrogen-bond acceptors (Lipinski definition) is 6. The summed E-state index contributed by atoms with van der Waals surface area (Å²) in [4.78, 5) is 24.9. The molecule has 204 valence electrons. The number of methoxy groups -OCH3 is 1. The smallest absolute Gasteiger partial charge is 0.323 e. The number of anilines is 1. The molecule has 2 aromatic heterocycles. The van der Waals surface area contributed by atoms with Crippen molar-refractivity contribution in [1.82, 2.24) is 14.9 Å². The van der Waals surface area contributed by atoms with Gasteiger partial charge in [-0.2, -0.15) is 0 Å². The maximum atomic E-state index is 13.2. The number of carbonyl (C=O) groups is 1. The van der Waals surface area contributed by atoms with Crippen molar-refractivity contribution in [1.29, 1.82) is 0 Å². The summed E-state index contributed by atoms with van der Waals surface area (Å²) in [6, 6.07) is 24.3. The highest BCUT2D eigenvalue weighted by Crippen LogP contribution is 2.41. The molecule has 6 rings (SSSR count). The van der Waals surface area contributed by atoms with Crippen molar-refractivity contribution in [3.8, 4) is 0 Å². The Labute approximate surface area is 243 Å². The summed E-state index contributed by atoms with van der Waals surface area (Å²) in [5.41, 5.74) is 6.48. The van der Waals surface area contributed by atoms with E-state index in [4.69, 9.17) is 16.3 Å². The zero-order valence-corrected chi connectivity index (χ0v) is 24.1. The number of halogens is 1. The Morgan fingerprint density at radius 1 is 1.12 bits per heavy atom. The highest BCUT2D eigenvalue weighted by Gasteiger charge is 2.41. The molecule has 0 spiro atoms. The first kappa shape index (κ1) is 26.7. The Hall–Kier alpha value is -3.52. The van der Waals surface area contributed by atoms with Crippen molar-refractivity contribution in [2.75, 3.05) is 31.8 Å². The van der Waals surface area contributed by atoms with Crippen LogP contribution in [0.5, 0.6) is 0 Å². The molecule has 8 heteroatoms. The van der Waals surface area contributed by atoms with E-state index in [1.54, 1.807) is 18.0 Å². The number of aromatic amines is 1. The van der Waals surface area contributed by atoms with Crippen LogP contribution in [0.25, 0.3) is 21.8 Å². The molecule has 5 aromatic rings. The average Bonchev–Trinajstić information content (AvgIpc) is 3.36.